The number of nitrogens with zero attached hydrogens (tertiary/aromatic N) is 1. The molecule has 0 unspecified atom stereocenters. The van der Waals surface area contributed by atoms with Crippen LogP contribution in [0.15, 0.2) is 23.9 Å². The van der Waals surface area contributed by atoms with E-state index in [9.17, 15) is 0 Å². The number of allylic oxidation sites excluding steroid dienone is 3. The van der Waals surface area contributed by atoms with E-state index < -0.39 is 19.1 Å². The van der Waals surface area contributed by atoms with Crippen LogP contribution in [0.2, 0.25) is 18.5 Å². The molecule has 4 heteroatoms. The standard InChI is InChI=1S/C9H14N.4CH3.2ClH.Zr/c1-9(2,3)10-8-6-4-5-7-8;;;;;;;/h4-6H,7H2,1-3H3;4*1H3;2*1H;/q-1;;;;;;;+3/p-2. The maximum absolute atomic E-state index is 2.74. The average Bonchev–Trinajstić information content (AvgIpc) is 2.29. The Hall–Kier alpha value is 0.743. The van der Waals surface area contributed by atoms with Crippen molar-refractivity contribution >= 4 is 0 Å². The summed E-state index contributed by atoms with van der Waals surface area (Å²) in [6.45, 7) is 7.00. The molecule has 0 aromatic carbocycles. The van der Waals surface area contributed by atoms with E-state index in [-0.39, 0.29) is 30.4 Å². The molecular formula is C13H26Cl2NZr. The molecule has 1 aliphatic rings. The van der Waals surface area contributed by atoms with E-state index in [1.807, 2.05) is 0 Å². The van der Waals surface area contributed by atoms with Crippen molar-refractivity contribution < 1.29 is 43.9 Å². The normalized spacial score (nSPS) is 15.9. The predicted molar refractivity (Wildman–Crippen MR) is 66.9 cm³/mol. The van der Waals surface area contributed by atoms with Crippen LogP contribution in [0.5, 0.6) is 0 Å². The van der Waals surface area contributed by atoms with Gasteiger partial charge in [-0.1, -0.05) is 0 Å². The van der Waals surface area contributed by atoms with Crippen LogP contribution in [0.1, 0.15) is 27.2 Å². The monoisotopic (exact) mass is 356 g/mol. The van der Waals surface area contributed by atoms with E-state index in [1.165, 1.54) is 5.70 Å². The molecule has 0 N–H and O–H groups in total. The quantitative estimate of drug-likeness (QED) is 0.596. The second-order valence-corrected chi connectivity index (χ2v) is 27.9. The van der Waals surface area contributed by atoms with Crippen molar-refractivity contribution in [1.82, 2.24) is 2.84 Å². The van der Waals surface area contributed by atoms with Crippen LogP contribution in [0.25, 0.3) is 0 Å². The van der Waals surface area contributed by atoms with Gasteiger partial charge < -0.3 is 24.8 Å². The van der Waals surface area contributed by atoms with Crippen molar-refractivity contribution in [1.29, 1.82) is 0 Å². The van der Waals surface area contributed by atoms with E-state index in [0.717, 1.165) is 6.42 Å². The molecule has 0 amide bonds. The second kappa shape index (κ2) is 5.80. The summed E-state index contributed by atoms with van der Waals surface area (Å²) < 4.78 is 12.8. The van der Waals surface area contributed by atoms with Gasteiger partial charge in [-0.05, 0) is 0 Å². The molecule has 0 heterocycles. The predicted octanol–water partition coefficient (Wildman–Crippen LogP) is -1.26. The third-order valence-corrected chi connectivity index (χ3v) is 9.36. The van der Waals surface area contributed by atoms with E-state index in [0.29, 0.717) is 0 Å². The number of hydrogen-bond acceptors (Lipinski definition) is 1. The topological polar surface area (TPSA) is 3.24 Å². The number of halogens is 2. The Labute approximate surface area is 121 Å². The molecule has 0 atom stereocenters. The van der Waals surface area contributed by atoms with Gasteiger partial charge in [0.1, 0.15) is 0 Å². The molecule has 0 saturated carbocycles. The minimum atomic E-state index is -2.64. The SMILES string of the molecule is CC(C)(C)[N](C1=CC=CC1)[Zr+2]([CH3])([CH3])([CH3])[CH3].[Cl-].[Cl-]. The minimum Gasteiger partial charge on any atom is -1.00 e. The summed E-state index contributed by atoms with van der Waals surface area (Å²) in [6.07, 6.45) is 7.85. The first kappa shape index (κ1) is 20.1. The molecule has 1 rings (SSSR count). The van der Waals surface area contributed by atoms with Gasteiger partial charge >= 0.3 is 97.1 Å². The van der Waals surface area contributed by atoms with Crippen molar-refractivity contribution in [2.24, 2.45) is 0 Å². The molecule has 0 aliphatic heterocycles. The Morgan fingerprint density at radius 2 is 1.53 bits per heavy atom. The molecule has 101 valence electrons. The zero-order chi connectivity index (χ0) is 11.9. The molecule has 0 aromatic rings. The minimum absolute atomic E-state index is 0. The average molecular weight is 358 g/mol. The molecule has 1 aliphatic carbocycles. The van der Waals surface area contributed by atoms with Gasteiger partial charge in [-0.2, -0.15) is 0 Å². The third kappa shape index (κ3) is 5.49. The molecule has 1 nitrogen and oxygen atoms in total. The smallest absolute Gasteiger partial charge is 1.00 e. The van der Waals surface area contributed by atoms with Crippen LogP contribution in [-0.2, 0) is 19.1 Å². The molecule has 0 saturated heterocycles. The first-order valence-electron chi connectivity index (χ1n) is 5.89. The van der Waals surface area contributed by atoms with E-state index >= 15 is 0 Å². The van der Waals surface area contributed by atoms with Gasteiger partial charge in [-0.15, -0.1) is 0 Å². The van der Waals surface area contributed by atoms with Gasteiger partial charge in [0.05, 0.1) is 0 Å². The van der Waals surface area contributed by atoms with Crippen LogP contribution in [0, 0.1) is 0 Å². The molecule has 17 heavy (non-hydrogen) atoms. The fourth-order valence-corrected chi connectivity index (χ4v) is 12.8. The summed E-state index contributed by atoms with van der Waals surface area (Å²) in [4.78, 5) is 0. The largest absolute Gasteiger partial charge is 1.00 e. The van der Waals surface area contributed by atoms with E-state index in [4.69, 9.17) is 0 Å². The van der Waals surface area contributed by atoms with E-state index in [2.05, 4.69) is 60.4 Å². The molecule has 0 aromatic heterocycles. The maximum atomic E-state index is 2.74. The van der Waals surface area contributed by atoms with Crippen LogP contribution in [0.4, 0.5) is 0 Å². The van der Waals surface area contributed by atoms with Gasteiger partial charge in [0, 0.05) is 0 Å². The fourth-order valence-electron chi connectivity index (χ4n) is 2.95. The van der Waals surface area contributed by atoms with Gasteiger partial charge in [-0.3, -0.25) is 0 Å². The molecule has 0 radical (unpaired) electrons. The molecular weight excluding hydrogens is 332 g/mol. The number of hydrogen-bond donors (Lipinski definition) is 0. The van der Waals surface area contributed by atoms with Gasteiger partial charge in [0.25, 0.3) is 0 Å². The maximum Gasteiger partial charge on any atom is -1.00 e. The van der Waals surface area contributed by atoms with Crippen molar-refractivity contribution in [2.45, 2.75) is 51.3 Å². The molecule has 0 bridgehead atoms. The summed E-state index contributed by atoms with van der Waals surface area (Å²) in [5.74, 6) is 0. The van der Waals surface area contributed by atoms with Crippen molar-refractivity contribution in [3.05, 3.63) is 23.9 Å². The third-order valence-electron chi connectivity index (χ3n) is 2.60. The van der Waals surface area contributed by atoms with Gasteiger partial charge in [-0.25, -0.2) is 0 Å². The Morgan fingerprint density at radius 1 is 1.06 bits per heavy atom. The summed E-state index contributed by atoms with van der Waals surface area (Å²) in [5.41, 5.74) is 1.76. The Kier molecular flexibility index (Phi) is 6.85. The summed E-state index contributed by atoms with van der Waals surface area (Å²) in [6, 6.07) is 0. The van der Waals surface area contributed by atoms with Crippen molar-refractivity contribution in [3.8, 4) is 0 Å². The van der Waals surface area contributed by atoms with Gasteiger partial charge in [0.2, 0.25) is 0 Å². The summed E-state index contributed by atoms with van der Waals surface area (Å²) in [7, 11) is 0. The van der Waals surface area contributed by atoms with Gasteiger partial charge in [0.15, 0.2) is 0 Å². The Morgan fingerprint density at radius 3 is 1.76 bits per heavy atom. The van der Waals surface area contributed by atoms with Crippen LogP contribution >= 0.6 is 0 Å². The summed E-state index contributed by atoms with van der Waals surface area (Å²) in [5, 5.41) is 0. The number of rotatable bonds is 2. The van der Waals surface area contributed by atoms with E-state index in [1.54, 1.807) is 0 Å². The van der Waals surface area contributed by atoms with Crippen LogP contribution < -0.4 is 24.8 Å². The second-order valence-electron chi connectivity index (χ2n) is 7.69. The molecule has 0 fully saturated rings. The first-order chi connectivity index (χ1) is 6.49. The van der Waals surface area contributed by atoms with Crippen molar-refractivity contribution in [3.63, 3.8) is 0 Å². The van der Waals surface area contributed by atoms with Crippen LogP contribution in [0.3, 0.4) is 0 Å². The molecule has 0 spiro atoms. The Bertz CT molecular complexity index is 309. The summed E-state index contributed by atoms with van der Waals surface area (Å²) >= 11 is -2.64. The first-order valence-corrected chi connectivity index (χ1v) is 16.8. The zero-order valence-corrected chi connectivity index (χ0v) is 16.1. The zero-order valence-electron chi connectivity index (χ0n) is 12.1. The Balaban J connectivity index is 0. The van der Waals surface area contributed by atoms with Crippen LogP contribution in [-0.4, -0.2) is 8.38 Å². The fraction of sp³-hybridized carbons (Fsp3) is 0.692. The van der Waals surface area contributed by atoms with Crippen molar-refractivity contribution in [2.75, 3.05) is 0 Å².